The molecule has 20 nitrogen and oxygen atoms in total. The molecule has 0 aromatic rings. The summed E-state index contributed by atoms with van der Waals surface area (Å²) in [4.78, 5) is 25.3. The van der Waals surface area contributed by atoms with Gasteiger partial charge in [-0.3, -0.25) is 9.59 Å². The van der Waals surface area contributed by atoms with E-state index in [9.17, 15) is 60.7 Å². The first-order valence-electron chi connectivity index (χ1n) is 32.4. The Hall–Kier alpha value is -1.96. The first-order valence-corrected chi connectivity index (χ1v) is 32.4. The minimum Gasteiger partial charge on any atom is -0.394 e. The van der Waals surface area contributed by atoms with E-state index < -0.39 is 130 Å². The molecule has 20 heteroatoms. The molecular weight excluding hydrogens is 1060 g/mol. The number of aliphatic hydroxyl groups is 10. The highest BCUT2D eigenvalue weighted by molar-refractivity contribution is 5.76. The van der Waals surface area contributed by atoms with Gasteiger partial charge in [0.1, 0.15) is 73.2 Å². The predicted molar refractivity (Wildman–Crippen MR) is 312 cm³/mol. The highest BCUT2D eigenvalue weighted by atomic mass is 16.8. The lowest BCUT2D eigenvalue weighted by atomic mass is 9.95. The minimum absolute atomic E-state index is 0.245. The molecule has 3 heterocycles. The van der Waals surface area contributed by atoms with E-state index in [4.69, 9.17) is 28.4 Å². The molecule has 2 amide bonds. The van der Waals surface area contributed by atoms with Crippen molar-refractivity contribution >= 4 is 11.8 Å². The van der Waals surface area contributed by atoms with Gasteiger partial charge in [0.05, 0.1) is 38.6 Å². The average Bonchev–Trinajstić information content (AvgIpc) is 3.52. The highest BCUT2D eigenvalue weighted by Gasteiger charge is 2.54. The average molecular weight is 1180 g/mol. The van der Waals surface area contributed by atoms with Crippen LogP contribution in [-0.4, -0.2) is 194 Å². The van der Waals surface area contributed by atoms with Crippen LogP contribution in [0.3, 0.4) is 0 Å². The van der Waals surface area contributed by atoms with E-state index >= 15 is 0 Å². The smallest absolute Gasteiger partial charge is 0.220 e. The standard InChI is InChI=1S/C62H116N2O18/c1-4-6-8-10-12-14-16-18-19-20-21-22-23-24-25-27-29-31-33-35-37-39-50(70)64-45(46(69)38-36-34-32-30-28-26-17-15-13-11-9-7-5-2)43-77-61-56(75)54(73)59(48(41-66)79-61)82-62-57(76)55(74)58(49(42-67)80-62)81-60-51(63-44(3)68)53(72)52(71)47(40-65)78-60/h36,38,45-49,51-62,65-67,69,71-76H,4-35,37,39-43H2,1-3H3,(H,63,68)(H,64,70)/b38-36+/t45-,46+,47+,48+,49+,51+,52-,53+,54+,55+,56?,57+,58-,59+,60-,61+,62-/m0/s1. The summed E-state index contributed by atoms with van der Waals surface area (Å²) in [6, 6.07) is -2.40. The summed E-state index contributed by atoms with van der Waals surface area (Å²) in [5, 5.41) is 114. The third kappa shape index (κ3) is 28.7. The largest absolute Gasteiger partial charge is 0.394 e. The lowest BCUT2D eigenvalue weighted by molar-refractivity contribution is -0.374. The summed E-state index contributed by atoms with van der Waals surface area (Å²) >= 11 is 0. The van der Waals surface area contributed by atoms with Gasteiger partial charge in [-0.1, -0.05) is 219 Å². The van der Waals surface area contributed by atoms with E-state index in [1.165, 1.54) is 161 Å². The van der Waals surface area contributed by atoms with Crippen LogP contribution in [0.1, 0.15) is 239 Å². The number of hydrogen-bond acceptors (Lipinski definition) is 18. The molecule has 0 aliphatic carbocycles. The zero-order valence-corrected chi connectivity index (χ0v) is 50.6. The molecule has 3 aliphatic heterocycles. The van der Waals surface area contributed by atoms with Gasteiger partial charge in [-0.05, 0) is 19.3 Å². The molecule has 0 bridgehead atoms. The van der Waals surface area contributed by atoms with Crippen molar-refractivity contribution in [3.05, 3.63) is 12.2 Å². The van der Waals surface area contributed by atoms with Gasteiger partial charge in [-0.15, -0.1) is 0 Å². The molecule has 17 atom stereocenters. The van der Waals surface area contributed by atoms with Crippen LogP contribution in [0.2, 0.25) is 0 Å². The molecule has 12 N–H and O–H groups in total. The quantitative estimate of drug-likeness (QED) is 0.0235. The number of carbonyl (C=O) groups is 2. The molecular formula is C62H116N2O18. The van der Waals surface area contributed by atoms with Crippen LogP contribution in [0, 0.1) is 0 Å². The molecule has 0 saturated carbocycles. The van der Waals surface area contributed by atoms with Crippen molar-refractivity contribution in [2.24, 2.45) is 0 Å². The molecule has 3 rings (SSSR count). The van der Waals surface area contributed by atoms with Gasteiger partial charge in [0.25, 0.3) is 0 Å². The van der Waals surface area contributed by atoms with Crippen LogP contribution in [0.5, 0.6) is 0 Å². The molecule has 482 valence electrons. The normalized spacial score (nSPS) is 29.5. The number of amides is 2. The predicted octanol–water partition coefficient (Wildman–Crippen LogP) is 6.30. The van der Waals surface area contributed by atoms with Crippen molar-refractivity contribution < 1.29 is 89.1 Å². The van der Waals surface area contributed by atoms with Crippen LogP contribution >= 0.6 is 0 Å². The molecule has 0 radical (unpaired) electrons. The van der Waals surface area contributed by atoms with E-state index in [1.807, 2.05) is 6.08 Å². The second-order valence-electron chi connectivity index (χ2n) is 23.6. The topological polar surface area (TPSA) is 316 Å². The first-order chi connectivity index (χ1) is 39.7. The van der Waals surface area contributed by atoms with Crippen molar-refractivity contribution in [3.63, 3.8) is 0 Å². The first kappa shape index (κ1) is 74.3. The van der Waals surface area contributed by atoms with E-state index in [2.05, 4.69) is 24.5 Å². The Labute approximate surface area is 491 Å². The molecule has 3 aliphatic rings. The fraction of sp³-hybridized carbons (Fsp3) is 0.935. The van der Waals surface area contributed by atoms with Gasteiger partial charge in [0.15, 0.2) is 18.9 Å². The number of unbranched alkanes of at least 4 members (excludes halogenated alkanes) is 31. The van der Waals surface area contributed by atoms with E-state index in [1.54, 1.807) is 6.08 Å². The summed E-state index contributed by atoms with van der Waals surface area (Å²) in [6.07, 6.45) is 19.6. The van der Waals surface area contributed by atoms with Gasteiger partial charge < -0.3 is 90.1 Å². The lowest BCUT2D eigenvalue weighted by Crippen LogP contribution is -2.68. The number of hydrogen-bond donors (Lipinski definition) is 12. The Morgan fingerprint density at radius 3 is 1.28 bits per heavy atom. The molecule has 3 saturated heterocycles. The molecule has 0 spiro atoms. The SMILES string of the molecule is CCCCCCCCCCCCC/C=C/[C@@H](O)[C@H](CO[C@@H]1O[C@H](CO)[C@@H](O[C@@H]2O[C@H](CO)[C@H](O[C@@H]3O[C@H](CO)[C@H](O)[C@H](O)[C@H]3NC(C)=O)[C@H](O)[C@H]2O)[C@H](O)C1O)NC(=O)CCCCCCCCCCCCCCCCCCCCCCC. The molecule has 1 unspecified atom stereocenters. The molecule has 0 aromatic carbocycles. The molecule has 3 fully saturated rings. The van der Waals surface area contributed by atoms with Crippen LogP contribution in [0.4, 0.5) is 0 Å². The second kappa shape index (κ2) is 45.3. The molecule has 82 heavy (non-hydrogen) atoms. The van der Waals surface area contributed by atoms with Crippen molar-refractivity contribution in [1.82, 2.24) is 10.6 Å². The number of nitrogens with one attached hydrogen (secondary N) is 2. The third-order valence-electron chi connectivity index (χ3n) is 16.5. The zero-order valence-electron chi connectivity index (χ0n) is 50.6. The van der Waals surface area contributed by atoms with Crippen molar-refractivity contribution in [2.75, 3.05) is 26.4 Å². The fourth-order valence-corrected chi connectivity index (χ4v) is 11.3. The van der Waals surface area contributed by atoms with Crippen LogP contribution < -0.4 is 10.6 Å². The number of ether oxygens (including phenoxy) is 6. The summed E-state index contributed by atoms with van der Waals surface area (Å²) < 4.78 is 34.9. The van der Waals surface area contributed by atoms with E-state index in [0.29, 0.717) is 6.42 Å². The second-order valence-corrected chi connectivity index (χ2v) is 23.6. The Morgan fingerprint density at radius 2 is 0.854 bits per heavy atom. The Bertz CT molecular complexity index is 1620. The van der Waals surface area contributed by atoms with Crippen LogP contribution in [-0.2, 0) is 38.0 Å². The van der Waals surface area contributed by atoms with Crippen molar-refractivity contribution in [3.8, 4) is 0 Å². The van der Waals surface area contributed by atoms with Crippen LogP contribution in [0.15, 0.2) is 12.2 Å². The monoisotopic (exact) mass is 1180 g/mol. The number of aliphatic hydroxyl groups excluding tert-OH is 10. The third-order valence-corrected chi connectivity index (χ3v) is 16.5. The van der Waals surface area contributed by atoms with Gasteiger partial charge >= 0.3 is 0 Å². The van der Waals surface area contributed by atoms with Crippen molar-refractivity contribution in [1.29, 1.82) is 0 Å². The van der Waals surface area contributed by atoms with E-state index in [0.717, 1.165) is 51.9 Å². The maximum atomic E-state index is 13.4. The Balaban J connectivity index is 1.50. The van der Waals surface area contributed by atoms with Crippen molar-refractivity contribution in [2.45, 2.75) is 343 Å². The van der Waals surface area contributed by atoms with E-state index in [-0.39, 0.29) is 18.9 Å². The molecule has 0 aromatic heterocycles. The number of carbonyl (C=O) groups excluding carboxylic acids is 2. The minimum atomic E-state index is -1.99. The summed E-state index contributed by atoms with van der Waals surface area (Å²) in [6.45, 7) is 2.85. The fourth-order valence-electron chi connectivity index (χ4n) is 11.3. The Kier molecular flexibility index (Phi) is 41.1. The summed E-state index contributed by atoms with van der Waals surface area (Å²) in [5.41, 5.74) is 0. The highest BCUT2D eigenvalue weighted by Crippen LogP contribution is 2.33. The maximum absolute atomic E-state index is 13.4. The number of allylic oxidation sites excluding steroid dienone is 1. The van der Waals surface area contributed by atoms with Crippen LogP contribution in [0.25, 0.3) is 0 Å². The van der Waals surface area contributed by atoms with Gasteiger partial charge in [0.2, 0.25) is 11.8 Å². The zero-order chi connectivity index (χ0) is 59.9. The Morgan fingerprint density at radius 1 is 0.476 bits per heavy atom. The number of rotatable bonds is 48. The maximum Gasteiger partial charge on any atom is 0.220 e. The summed E-state index contributed by atoms with van der Waals surface area (Å²) in [5.74, 6) is -0.921. The van der Waals surface area contributed by atoms with Gasteiger partial charge in [-0.25, -0.2) is 0 Å². The van der Waals surface area contributed by atoms with Gasteiger partial charge in [0, 0.05) is 13.3 Å². The van der Waals surface area contributed by atoms with Gasteiger partial charge in [-0.2, -0.15) is 0 Å². The lowest BCUT2D eigenvalue weighted by Gasteiger charge is -2.48. The summed E-state index contributed by atoms with van der Waals surface area (Å²) in [7, 11) is 0.